The summed E-state index contributed by atoms with van der Waals surface area (Å²) in [5.41, 5.74) is 0.906. The van der Waals surface area contributed by atoms with Gasteiger partial charge in [-0.05, 0) is 24.4 Å². The molecule has 0 N–H and O–H groups in total. The molecule has 2 rings (SSSR count). The van der Waals surface area contributed by atoms with Crippen LogP contribution >= 0.6 is 11.3 Å². The van der Waals surface area contributed by atoms with Crippen LogP contribution in [0.2, 0.25) is 0 Å². The van der Waals surface area contributed by atoms with Gasteiger partial charge in [-0.3, -0.25) is 9.78 Å². The van der Waals surface area contributed by atoms with Crippen LogP contribution in [0, 0.1) is 12.7 Å². The van der Waals surface area contributed by atoms with Gasteiger partial charge in [-0.2, -0.15) is 0 Å². The summed E-state index contributed by atoms with van der Waals surface area (Å²) >= 11 is 1.50. The summed E-state index contributed by atoms with van der Waals surface area (Å²) in [6.45, 7) is 1.87. The molecule has 0 atom stereocenters. The Morgan fingerprint density at radius 2 is 2.27 bits per heavy atom. The Morgan fingerprint density at radius 3 is 2.87 bits per heavy atom. The normalized spacial score (nSPS) is 10.3. The number of thiophene rings is 1. The van der Waals surface area contributed by atoms with E-state index in [0.717, 1.165) is 11.1 Å². The van der Waals surface area contributed by atoms with Gasteiger partial charge < -0.3 is 0 Å². The monoisotopic (exact) mass is 221 g/mol. The van der Waals surface area contributed by atoms with Crippen LogP contribution in [0.4, 0.5) is 4.39 Å². The molecule has 15 heavy (non-hydrogen) atoms. The second-order valence-electron chi connectivity index (χ2n) is 3.11. The van der Waals surface area contributed by atoms with Gasteiger partial charge in [-0.1, -0.05) is 0 Å². The zero-order chi connectivity index (χ0) is 10.8. The van der Waals surface area contributed by atoms with Crippen molar-refractivity contribution in [3.8, 4) is 0 Å². The summed E-state index contributed by atoms with van der Waals surface area (Å²) in [6, 6.07) is 2.94. The smallest absolute Gasteiger partial charge is 0.195 e. The van der Waals surface area contributed by atoms with Gasteiger partial charge in [0.15, 0.2) is 5.78 Å². The Labute approximate surface area is 90.4 Å². The van der Waals surface area contributed by atoms with E-state index in [4.69, 9.17) is 0 Å². The van der Waals surface area contributed by atoms with Gasteiger partial charge in [-0.25, -0.2) is 4.39 Å². The van der Waals surface area contributed by atoms with Crippen LogP contribution in [0.25, 0.3) is 0 Å². The van der Waals surface area contributed by atoms with Gasteiger partial charge in [0, 0.05) is 22.2 Å². The third-order valence-electron chi connectivity index (χ3n) is 2.07. The topological polar surface area (TPSA) is 30.0 Å². The van der Waals surface area contributed by atoms with Gasteiger partial charge >= 0.3 is 0 Å². The van der Waals surface area contributed by atoms with Gasteiger partial charge in [-0.15, -0.1) is 11.3 Å². The minimum Gasteiger partial charge on any atom is -0.289 e. The van der Waals surface area contributed by atoms with Crippen LogP contribution < -0.4 is 0 Å². The molecule has 0 aliphatic rings. The molecule has 2 aromatic heterocycles. The van der Waals surface area contributed by atoms with E-state index >= 15 is 0 Å². The van der Waals surface area contributed by atoms with Gasteiger partial charge in [0.1, 0.15) is 5.82 Å². The lowest BCUT2D eigenvalue weighted by Crippen LogP contribution is -2.02. The van der Waals surface area contributed by atoms with E-state index < -0.39 is 5.82 Å². The van der Waals surface area contributed by atoms with Gasteiger partial charge in [0.25, 0.3) is 0 Å². The maximum atomic E-state index is 12.9. The lowest BCUT2D eigenvalue weighted by molar-refractivity contribution is 0.103. The largest absolute Gasteiger partial charge is 0.289 e. The fraction of sp³-hybridized carbons (Fsp3) is 0.0909. The molecule has 0 amide bonds. The van der Waals surface area contributed by atoms with E-state index in [1.165, 1.54) is 23.6 Å². The molecule has 76 valence electrons. The summed E-state index contributed by atoms with van der Waals surface area (Å²) in [5, 5.41) is 1.84. The van der Waals surface area contributed by atoms with Crippen molar-refractivity contribution in [1.82, 2.24) is 4.98 Å². The number of carbonyl (C=O) groups excluding carboxylic acids is 1. The molecule has 0 bridgehead atoms. The van der Waals surface area contributed by atoms with E-state index in [2.05, 4.69) is 4.98 Å². The van der Waals surface area contributed by atoms with E-state index in [-0.39, 0.29) is 11.3 Å². The molecule has 0 aliphatic heterocycles. The van der Waals surface area contributed by atoms with Crippen LogP contribution in [-0.4, -0.2) is 10.8 Å². The number of ketones is 1. The number of aromatic nitrogens is 1. The Kier molecular flexibility index (Phi) is 2.60. The SMILES string of the molecule is Cc1sccc1C(=O)c1cncc(F)c1. The maximum Gasteiger partial charge on any atom is 0.195 e. The molecule has 0 unspecified atom stereocenters. The molecule has 0 spiro atoms. The van der Waals surface area contributed by atoms with Crippen molar-refractivity contribution in [2.45, 2.75) is 6.92 Å². The van der Waals surface area contributed by atoms with Crippen LogP contribution in [0.15, 0.2) is 29.9 Å². The summed E-state index contributed by atoms with van der Waals surface area (Å²) in [7, 11) is 0. The van der Waals surface area contributed by atoms with Crippen molar-refractivity contribution in [3.63, 3.8) is 0 Å². The van der Waals surface area contributed by atoms with Crippen molar-refractivity contribution in [3.05, 3.63) is 51.7 Å². The van der Waals surface area contributed by atoms with Crippen LogP contribution in [0.1, 0.15) is 20.8 Å². The fourth-order valence-corrected chi connectivity index (χ4v) is 2.01. The highest BCUT2D eigenvalue weighted by atomic mass is 32.1. The molecule has 0 saturated carbocycles. The number of halogens is 1. The predicted octanol–water partition coefficient (Wildman–Crippen LogP) is 2.82. The standard InChI is InChI=1S/C11H8FNOS/c1-7-10(2-3-15-7)11(14)8-4-9(12)6-13-5-8/h2-6H,1H3. The molecular weight excluding hydrogens is 213 g/mol. The third-order valence-corrected chi connectivity index (χ3v) is 2.92. The second-order valence-corrected chi connectivity index (χ2v) is 4.23. The van der Waals surface area contributed by atoms with Crippen molar-refractivity contribution in [1.29, 1.82) is 0 Å². The Balaban J connectivity index is 2.41. The highest BCUT2D eigenvalue weighted by Crippen LogP contribution is 2.18. The van der Waals surface area contributed by atoms with Crippen LogP contribution in [0.3, 0.4) is 0 Å². The van der Waals surface area contributed by atoms with E-state index in [1.54, 1.807) is 6.07 Å². The molecular formula is C11H8FNOS. The number of aryl methyl sites for hydroxylation is 1. The van der Waals surface area contributed by atoms with E-state index in [1.807, 2.05) is 12.3 Å². The first kappa shape index (κ1) is 9.98. The number of pyridine rings is 1. The van der Waals surface area contributed by atoms with Crippen molar-refractivity contribution >= 4 is 17.1 Å². The summed E-state index contributed by atoms with van der Waals surface area (Å²) in [6.07, 6.45) is 2.46. The van der Waals surface area contributed by atoms with Crippen LogP contribution in [-0.2, 0) is 0 Å². The van der Waals surface area contributed by atoms with E-state index in [9.17, 15) is 9.18 Å². The highest BCUT2D eigenvalue weighted by molar-refractivity contribution is 7.10. The first-order valence-electron chi connectivity index (χ1n) is 4.38. The highest BCUT2D eigenvalue weighted by Gasteiger charge is 2.13. The third kappa shape index (κ3) is 1.94. The number of rotatable bonds is 2. The molecule has 0 aromatic carbocycles. The number of hydrogen-bond acceptors (Lipinski definition) is 3. The zero-order valence-electron chi connectivity index (χ0n) is 8.03. The Morgan fingerprint density at radius 1 is 1.47 bits per heavy atom. The molecule has 4 heteroatoms. The first-order chi connectivity index (χ1) is 7.18. The maximum absolute atomic E-state index is 12.9. The molecule has 0 radical (unpaired) electrons. The minimum atomic E-state index is -0.492. The predicted molar refractivity (Wildman–Crippen MR) is 56.7 cm³/mol. The van der Waals surface area contributed by atoms with Gasteiger partial charge in [0.2, 0.25) is 0 Å². The molecule has 0 aliphatic carbocycles. The lowest BCUT2D eigenvalue weighted by Gasteiger charge is -1.99. The van der Waals surface area contributed by atoms with Crippen LogP contribution in [0.5, 0.6) is 0 Å². The van der Waals surface area contributed by atoms with Crippen molar-refractivity contribution in [2.75, 3.05) is 0 Å². The van der Waals surface area contributed by atoms with E-state index in [0.29, 0.717) is 5.56 Å². The summed E-state index contributed by atoms with van der Waals surface area (Å²) in [4.78, 5) is 16.5. The molecule has 0 saturated heterocycles. The Hall–Kier alpha value is -1.55. The summed E-state index contributed by atoms with van der Waals surface area (Å²) < 4.78 is 12.9. The number of carbonyl (C=O) groups is 1. The minimum absolute atomic E-state index is 0.180. The van der Waals surface area contributed by atoms with Gasteiger partial charge in [0.05, 0.1) is 6.20 Å². The first-order valence-corrected chi connectivity index (χ1v) is 5.26. The molecule has 2 nitrogen and oxygen atoms in total. The quantitative estimate of drug-likeness (QED) is 0.730. The summed E-state index contributed by atoms with van der Waals surface area (Å²) in [5.74, 6) is -0.672. The molecule has 0 fully saturated rings. The van der Waals surface area contributed by atoms with Crippen molar-refractivity contribution < 1.29 is 9.18 Å². The average Bonchev–Trinajstić information content (AvgIpc) is 2.63. The fourth-order valence-electron chi connectivity index (χ4n) is 1.31. The zero-order valence-corrected chi connectivity index (χ0v) is 8.84. The Bertz CT molecular complexity index is 507. The second kappa shape index (κ2) is 3.90. The lowest BCUT2D eigenvalue weighted by atomic mass is 10.1. The molecule has 2 heterocycles. The molecule has 2 aromatic rings. The average molecular weight is 221 g/mol. The van der Waals surface area contributed by atoms with Crippen molar-refractivity contribution in [2.24, 2.45) is 0 Å². The number of nitrogens with zero attached hydrogens (tertiary/aromatic N) is 1. The number of hydrogen-bond donors (Lipinski definition) is 0.